The Kier molecular flexibility index (Phi) is 4.91. The monoisotopic (exact) mass is 444 g/mol. The topological polar surface area (TPSA) is 93.5 Å². The highest BCUT2D eigenvalue weighted by atomic mass is 16.5. The van der Waals surface area contributed by atoms with E-state index in [4.69, 9.17) is 4.74 Å². The maximum Gasteiger partial charge on any atom is 0.338 e. The van der Waals surface area contributed by atoms with Gasteiger partial charge in [0.1, 0.15) is 19.3 Å². The van der Waals surface area contributed by atoms with Crippen molar-refractivity contribution >= 4 is 11.9 Å². The molecule has 5 heterocycles. The number of hydrogen-bond donors (Lipinski definition) is 0. The molecular formula is C24H24N6O3. The van der Waals surface area contributed by atoms with Gasteiger partial charge in [0.2, 0.25) is 5.91 Å². The number of hydrogen-bond acceptors (Lipinski definition) is 7. The Balaban J connectivity index is 1.02. The molecule has 6 rings (SSSR count). The van der Waals surface area contributed by atoms with Crippen molar-refractivity contribution in [2.24, 2.45) is 0 Å². The van der Waals surface area contributed by atoms with Crippen LogP contribution in [0.5, 0.6) is 0 Å². The van der Waals surface area contributed by atoms with Gasteiger partial charge in [-0.2, -0.15) is 5.10 Å². The fourth-order valence-electron chi connectivity index (χ4n) is 5.20. The number of amides is 1. The van der Waals surface area contributed by atoms with Crippen molar-refractivity contribution in [1.29, 1.82) is 0 Å². The number of benzene rings is 1. The molecule has 9 heteroatoms. The number of rotatable bonds is 6. The summed E-state index contributed by atoms with van der Waals surface area (Å²) in [5, 5.41) is 4.07. The normalized spacial score (nSPS) is 21.5. The van der Waals surface area contributed by atoms with Gasteiger partial charge in [-0.25, -0.2) is 19.4 Å². The van der Waals surface area contributed by atoms with Crippen LogP contribution in [0.4, 0.5) is 0 Å². The van der Waals surface area contributed by atoms with E-state index in [1.54, 1.807) is 17.2 Å². The molecule has 0 saturated carbocycles. The van der Waals surface area contributed by atoms with Gasteiger partial charge in [-0.05, 0) is 36.1 Å². The Morgan fingerprint density at radius 3 is 2.79 bits per heavy atom. The van der Waals surface area contributed by atoms with Crippen molar-refractivity contribution in [2.75, 3.05) is 19.6 Å². The molecule has 2 aromatic heterocycles. The van der Waals surface area contributed by atoms with Crippen LogP contribution in [0.15, 0.2) is 49.2 Å². The molecule has 3 aliphatic rings. The van der Waals surface area contributed by atoms with E-state index in [9.17, 15) is 9.59 Å². The molecule has 2 fully saturated rings. The fraction of sp³-hybridized carbons (Fsp3) is 0.375. The third-order valence-corrected chi connectivity index (χ3v) is 6.93. The molecule has 0 radical (unpaired) electrons. The second kappa shape index (κ2) is 8.08. The number of fused-ring (bicyclic) bond motifs is 3. The molecule has 0 unspecified atom stereocenters. The number of ether oxygens (including phenoxy) is 1. The van der Waals surface area contributed by atoms with E-state index in [-0.39, 0.29) is 17.9 Å². The minimum Gasteiger partial charge on any atom is -0.457 e. The Labute approximate surface area is 191 Å². The van der Waals surface area contributed by atoms with Gasteiger partial charge in [0, 0.05) is 43.5 Å². The zero-order valence-electron chi connectivity index (χ0n) is 18.1. The predicted molar refractivity (Wildman–Crippen MR) is 118 cm³/mol. The molecule has 1 aromatic carbocycles. The summed E-state index contributed by atoms with van der Waals surface area (Å²) in [5.74, 6) is 0.628. The smallest absolute Gasteiger partial charge is 0.338 e. The number of cyclic esters (lactones) is 1. The molecule has 0 N–H and O–H groups in total. The third-order valence-electron chi connectivity index (χ3n) is 6.93. The lowest BCUT2D eigenvalue weighted by Crippen LogP contribution is -2.49. The number of esters is 1. The summed E-state index contributed by atoms with van der Waals surface area (Å²) < 4.78 is 6.69. The molecule has 2 saturated heterocycles. The van der Waals surface area contributed by atoms with Crippen LogP contribution in [0.25, 0.3) is 5.82 Å². The lowest BCUT2D eigenvalue weighted by atomic mass is 10.0. The standard InChI is InChI=1S/C24H24N6O3/c31-23(8-17-2-4-22(26-10-17)30-15-25-14-27-30)29-12-19-9-20(29)11-28(19)6-5-16-1-3-21-18(7-16)13-33-24(21)32/h1-4,7,10,14-15,19-20H,5-6,8-9,11-13H2/t19-,20-/m0/s1. The van der Waals surface area contributed by atoms with Crippen molar-refractivity contribution in [3.05, 3.63) is 71.4 Å². The fourth-order valence-corrected chi connectivity index (χ4v) is 5.20. The summed E-state index contributed by atoms with van der Waals surface area (Å²) in [6.45, 7) is 3.06. The van der Waals surface area contributed by atoms with Crippen LogP contribution in [0.2, 0.25) is 0 Å². The van der Waals surface area contributed by atoms with Gasteiger partial charge >= 0.3 is 5.97 Å². The molecule has 168 valence electrons. The summed E-state index contributed by atoms with van der Waals surface area (Å²) >= 11 is 0. The molecule has 1 amide bonds. The van der Waals surface area contributed by atoms with Crippen LogP contribution in [0.3, 0.4) is 0 Å². The molecule has 33 heavy (non-hydrogen) atoms. The minimum atomic E-state index is -0.222. The van der Waals surface area contributed by atoms with Gasteiger partial charge in [-0.3, -0.25) is 9.69 Å². The minimum absolute atomic E-state index is 0.167. The zero-order valence-corrected chi connectivity index (χ0v) is 18.1. The van der Waals surface area contributed by atoms with E-state index in [0.717, 1.165) is 43.6 Å². The van der Waals surface area contributed by atoms with Crippen molar-refractivity contribution in [3.8, 4) is 5.82 Å². The highest BCUT2D eigenvalue weighted by molar-refractivity contribution is 5.93. The van der Waals surface area contributed by atoms with Crippen LogP contribution in [-0.4, -0.2) is 73.1 Å². The predicted octanol–water partition coefficient (Wildman–Crippen LogP) is 1.40. The highest BCUT2D eigenvalue weighted by Gasteiger charge is 2.44. The second-order valence-corrected chi connectivity index (χ2v) is 8.94. The Morgan fingerprint density at radius 2 is 2.03 bits per heavy atom. The van der Waals surface area contributed by atoms with Crippen LogP contribution >= 0.6 is 0 Å². The molecule has 0 spiro atoms. The van der Waals surface area contributed by atoms with Crippen LogP contribution < -0.4 is 0 Å². The van der Waals surface area contributed by atoms with Gasteiger partial charge < -0.3 is 9.64 Å². The highest BCUT2D eigenvalue weighted by Crippen LogP contribution is 2.31. The van der Waals surface area contributed by atoms with Crippen molar-refractivity contribution in [3.63, 3.8) is 0 Å². The summed E-state index contributed by atoms with van der Waals surface area (Å²) in [4.78, 5) is 37.4. The van der Waals surface area contributed by atoms with Gasteiger partial charge in [0.05, 0.1) is 12.0 Å². The van der Waals surface area contributed by atoms with Crippen molar-refractivity contribution in [2.45, 2.75) is 38.0 Å². The van der Waals surface area contributed by atoms with E-state index in [1.807, 2.05) is 29.2 Å². The van der Waals surface area contributed by atoms with Crippen molar-refractivity contribution in [1.82, 2.24) is 29.5 Å². The Morgan fingerprint density at radius 1 is 1.12 bits per heavy atom. The number of carbonyl (C=O) groups is 2. The first-order chi connectivity index (χ1) is 16.1. The summed E-state index contributed by atoms with van der Waals surface area (Å²) in [6, 6.07) is 10.5. The van der Waals surface area contributed by atoms with Crippen LogP contribution in [0, 0.1) is 0 Å². The Bertz CT molecular complexity index is 1190. The van der Waals surface area contributed by atoms with Crippen LogP contribution in [0.1, 0.15) is 33.5 Å². The Hall–Kier alpha value is -3.59. The summed E-state index contributed by atoms with van der Waals surface area (Å²) in [7, 11) is 0. The lowest BCUT2D eigenvalue weighted by Gasteiger charge is -2.34. The van der Waals surface area contributed by atoms with Gasteiger partial charge in [-0.1, -0.05) is 18.2 Å². The largest absolute Gasteiger partial charge is 0.457 e. The molecule has 0 aliphatic carbocycles. The average molecular weight is 444 g/mol. The first kappa shape index (κ1) is 20.0. The number of pyridine rings is 1. The first-order valence-corrected chi connectivity index (χ1v) is 11.3. The van der Waals surface area contributed by atoms with E-state index in [2.05, 4.69) is 26.0 Å². The summed E-state index contributed by atoms with van der Waals surface area (Å²) in [5.41, 5.74) is 3.81. The number of likely N-dealkylation sites (tertiary alicyclic amines) is 2. The third kappa shape index (κ3) is 3.78. The molecule has 3 aromatic rings. The van der Waals surface area contributed by atoms with Gasteiger partial charge in [-0.15, -0.1) is 0 Å². The molecule has 2 bridgehead atoms. The van der Waals surface area contributed by atoms with Crippen LogP contribution in [-0.2, 0) is 29.0 Å². The number of aromatic nitrogens is 4. The number of nitrogens with zero attached hydrogens (tertiary/aromatic N) is 6. The number of carbonyl (C=O) groups excluding carboxylic acids is 2. The SMILES string of the molecule is O=C1OCc2cc(CCN3C[C@@H]4C[C@H]3CN4C(=O)Cc3ccc(-n4cncn4)nc3)ccc21. The van der Waals surface area contributed by atoms with E-state index >= 15 is 0 Å². The zero-order chi connectivity index (χ0) is 22.4. The molecule has 2 atom stereocenters. The lowest BCUT2D eigenvalue weighted by molar-refractivity contribution is -0.132. The number of piperazine rings is 1. The van der Waals surface area contributed by atoms with Crippen molar-refractivity contribution < 1.29 is 14.3 Å². The quantitative estimate of drug-likeness (QED) is 0.531. The maximum absolute atomic E-state index is 13.0. The summed E-state index contributed by atoms with van der Waals surface area (Å²) in [6.07, 6.45) is 7.14. The average Bonchev–Trinajstić information content (AvgIpc) is 3.63. The molecule has 9 nitrogen and oxygen atoms in total. The molecule has 3 aliphatic heterocycles. The molecular weight excluding hydrogens is 420 g/mol. The van der Waals surface area contributed by atoms with Gasteiger partial charge in [0.25, 0.3) is 0 Å². The first-order valence-electron chi connectivity index (χ1n) is 11.3. The maximum atomic E-state index is 13.0. The van der Waals surface area contributed by atoms with E-state index < -0.39 is 0 Å². The van der Waals surface area contributed by atoms with E-state index in [0.29, 0.717) is 30.5 Å². The van der Waals surface area contributed by atoms with Gasteiger partial charge in [0.15, 0.2) is 5.82 Å². The second-order valence-electron chi connectivity index (χ2n) is 8.94. The van der Waals surface area contributed by atoms with E-state index in [1.165, 1.54) is 11.9 Å².